The number of ether oxygens (including phenoxy) is 1. The highest BCUT2D eigenvalue weighted by Gasteiger charge is 2.32. The van der Waals surface area contributed by atoms with Crippen LogP contribution in [-0.4, -0.2) is 6.36 Å². The molecular weight excluding hydrogens is 497 g/mol. The van der Waals surface area contributed by atoms with Crippen molar-refractivity contribution in [3.8, 4) is 28.0 Å². The van der Waals surface area contributed by atoms with Crippen LogP contribution in [0.2, 0.25) is 0 Å². The van der Waals surface area contributed by atoms with Gasteiger partial charge in [0.25, 0.3) is 0 Å². The minimum Gasteiger partial charge on any atom is -0.403 e. The molecular formula is C29H23F7O. The Morgan fingerprint density at radius 1 is 0.703 bits per heavy atom. The highest BCUT2D eigenvalue weighted by molar-refractivity contribution is 5.89. The Kier molecular flexibility index (Phi) is 7.76. The number of hydrogen-bond donors (Lipinski definition) is 0. The van der Waals surface area contributed by atoms with Crippen LogP contribution < -0.4 is 4.74 Å². The Morgan fingerprint density at radius 2 is 1.41 bits per heavy atom. The molecule has 0 saturated heterocycles. The van der Waals surface area contributed by atoms with Crippen molar-refractivity contribution in [2.75, 3.05) is 0 Å². The van der Waals surface area contributed by atoms with Gasteiger partial charge in [-0.25, -0.2) is 17.6 Å². The van der Waals surface area contributed by atoms with Crippen LogP contribution in [0.25, 0.3) is 33.0 Å². The molecule has 0 aromatic heterocycles. The minimum atomic E-state index is -5.12. The maximum Gasteiger partial charge on any atom is 0.573 e. The van der Waals surface area contributed by atoms with E-state index in [9.17, 15) is 26.3 Å². The Balaban J connectivity index is 1.64. The zero-order valence-corrected chi connectivity index (χ0v) is 19.9. The van der Waals surface area contributed by atoms with Crippen molar-refractivity contribution in [2.24, 2.45) is 0 Å². The first-order chi connectivity index (χ1) is 17.6. The van der Waals surface area contributed by atoms with E-state index in [2.05, 4.69) is 11.7 Å². The number of benzene rings is 4. The first kappa shape index (κ1) is 26.5. The van der Waals surface area contributed by atoms with Gasteiger partial charge in [0, 0.05) is 10.9 Å². The van der Waals surface area contributed by atoms with Crippen LogP contribution >= 0.6 is 0 Å². The second kappa shape index (κ2) is 10.8. The number of rotatable bonds is 8. The van der Waals surface area contributed by atoms with Crippen molar-refractivity contribution < 1.29 is 35.5 Å². The van der Waals surface area contributed by atoms with E-state index < -0.39 is 40.9 Å². The van der Waals surface area contributed by atoms with E-state index in [-0.39, 0.29) is 16.7 Å². The van der Waals surface area contributed by atoms with Crippen LogP contribution in [0, 0.1) is 23.3 Å². The van der Waals surface area contributed by atoms with E-state index in [0.717, 1.165) is 55.9 Å². The standard InChI is InChI=1S/C29H23F7O/c1-2-3-4-5-6-17-7-10-21-18(13-17)8-11-22(28(21)33)20-15-24(31)27(25(32)16-20)19-9-12-26(23(30)14-19)37-29(34,35)36/h7-16H,2-6H2,1H3. The summed E-state index contributed by atoms with van der Waals surface area (Å²) in [5, 5.41) is 0.977. The maximum atomic E-state index is 15.4. The second-order valence-corrected chi connectivity index (χ2v) is 8.80. The molecule has 0 amide bonds. The summed E-state index contributed by atoms with van der Waals surface area (Å²) in [5.41, 5.74) is -0.00263. The van der Waals surface area contributed by atoms with Crippen LogP contribution in [0.1, 0.15) is 38.2 Å². The van der Waals surface area contributed by atoms with Gasteiger partial charge >= 0.3 is 6.36 Å². The number of unbranched alkanes of at least 4 members (excludes halogenated alkanes) is 3. The largest absolute Gasteiger partial charge is 0.573 e. The van der Waals surface area contributed by atoms with Gasteiger partial charge in [-0.3, -0.25) is 0 Å². The molecule has 0 spiro atoms. The highest BCUT2D eigenvalue weighted by atomic mass is 19.4. The third-order valence-corrected chi connectivity index (χ3v) is 6.14. The Hall–Kier alpha value is -3.55. The van der Waals surface area contributed by atoms with Crippen molar-refractivity contribution in [3.05, 3.63) is 89.5 Å². The predicted molar refractivity (Wildman–Crippen MR) is 129 cm³/mol. The molecule has 194 valence electrons. The number of halogens is 7. The summed E-state index contributed by atoms with van der Waals surface area (Å²) in [6, 6.07) is 12.4. The lowest BCUT2D eigenvalue weighted by atomic mass is 9.95. The molecule has 0 aliphatic heterocycles. The lowest BCUT2D eigenvalue weighted by molar-refractivity contribution is -0.275. The van der Waals surface area contributed by atoms with Gasteiger partial charge in [0.05, 0.1) is 5.56 Å². The SMILES string of the molecule is CCCCCCc1ccc2c(F)c(-c3cc(F)c(-c4ccc(OC(F)(F)F)c(F)c4)c(F)c3)ccc2c1. The lowest BCUT2D eigenvalue weighted by Crippen LogP contribution is -2.17. The maximum absolute atomic E-state index is 15.4. The normalized spacial score (nSPS) is 11.8. The van der Waals surface area contributed by atoms with Gasteiger partial charge in [0.1, 0.15) is 17.5 Å². The fourth-order valence-electron chi connectivity index (χ4n) is 4.34. The molecule has 0 aliphatic carbocycles. The van der Waals surface area contributed by atoms with Gasteiger partial charge in [0.15, 0.2) is 11.6 Å². The zero-order valence-electron chi connectivity index (χ0n) is 19.9. The number of fused-ring (bicyclic) bond motifs is 1. The summed E-state index contributed by atoms with van der Waals surface area (Å²) in [5.74, 6) is -5.46. The van der Waals surface area contributed by atoms with Crippen LogP contribution in [0.3, 0.4) is 0 Å². The Bertz CT molecular complexity index is 1400. The average Bonchev–Trinajstić information content (AvgIpc) is 2.82. The summed E-state index contributed by atoms with van der Waals surface area (Å²) < 4.78 is 100. The van der Waals surface area contributed by atoms with Gasteiger partial charge in [-0.2, -0.15) is 0 Å². The quantitative estimate of drug-likeness (QED) is 0.166. The first-order valence-electron chi connectivity index (χ1n) is 11.8. The van der Waals surface area contributed by atoms with E-state index in [4.69, 9.17) is 0 Å². The third-order valence-electron chi connectivity index (χ3n) is 6.14. The molecule has 0 bridgehead atoms. The van der Waals surface area contributed by atoms with Crippen LogP contribution in [0.5, 0.6) is 5.75 Å². The van der Waals surface area contributed by atoms with Crippen molar-refractivity contribution in [1.82, 2.24) is 0 Å². The molecule has 4 aromatic carbocycles. The fourth-order valence-corrected chi connectivity index (χ4v) is 4.34. The Labute approximate surface area is 209 Å². The smallest absolute Gasteiger partial charge is 0.403 e. The van der Waals surface area contributed by atoms with E-state index >= 15 is 4.39 Å². The highest BCUT2D eigenvalue weighted by Crippen LogP contribution is 2.36. The molecule has 0 heterocycles. The van der Waals surface area contributed by atoms with E-state index in [0.29, 0.717) is 22.9 Å². The summed E-state index contributed by atoms with van der Waals surface area (Å²) in [7, 11) is 0. The molecule has 0 fully saturated rings. The monoisotopic (exact) mass is 520 g/mol. The van der Waals surface area contributed by atoms with Gasteiger partial charge in [-0.15, -0.1) is 13.2 Å². The molecule has 0 aliphatic rings. The van der Waals surface area contributed by atoms with E-state index in [1.807, 2.05) is 12.1 Å². The van der Waals surface area contributed by atoms with Gasteiger partial charge in [0.2, 0.25) is 0 Å². The third kappa shape index (κ3) is 6.06. The van der Waals surface area contributed by atoms with Gasteiger partial charge < -0.3 is 4.74 Å². The number of hydrogen-bond acceptors (Lipinski definition) is 1. The number of aryl methyl sites for hydroxylation is 1. The molecule has 0 N–H and O–H groups in total. The molecule has 0 saturated carbocycles. The lowest BCUT2D eigenvalue weighted by Gasteiger charge is -2.13. The molecule has 0 unspecified atom stereocenters. The van der Waals surface area contributed by atoms with E-state index in [1.54, 1.807) is 12.1 Å². The number of alkyl halides is 3. The molecule has 0 atom stereocenters. The molecule has 8 heteroatoms. The minimum absolute atomic E-state index is 0.0207. The van der Waals surface area contributed by atoms with Crippen molar-refractivity contribution in [1.29, 1.82) is 0 Å². The molecule has 0 radical (unpaired) electrons. The summed E-state index contributed by atoms with van der Waals surface area (Å²) in [6.07, 6.45) is 0.194. The Morgan fingerprint density at radius 3 is 2.05 bits per heavy atom. The second-order valence-electron chi connectivity index (χ2n) is 8.80. The fraction of sp³-hybridized carbons (Fsp3) is 0.241. The molecule has 1 nitrogen and oxygen atoms in total. The summed E-state index contributed by atoms with van der Waals surface area (Å²) in [4.78, 5) is 0. The average molecular weight is 520 g/mol. The van der Waals surface area contributed by atoms with Crippen LogP contribution in [-0.2, 0) is 6.42 Å². The van der Waals surface area contributed by atoms with E-state index in [1.165, 1.54) is 6.07 Å². The van der Waals surface area contributed by atoms with Crippen LogP contribution in [0.4, 0.5) is 30.7 Å². The zero-order chi connectivity index (χ0) is 26.7. The molecule has 4 aromatic rings. The molecule has 4 rings (SSSR count). The predicted octanol–water partition coefficient (Wildman–Crippen LogP) is 9.75. The first-order valence-corrected chi connectivity index (χ1v) is 11.8. The van der Waals surface area contributed by atoms with Crippen molar-refractivity contribution in [3.63, 3.8) is 0 Å². The molecule has 37 heavy (non-hydrogen) atoms. The van der Waals surface area contributed by atoms with Crippen molar-refractivity contribution >= 4 is 10.8 Å². The van der Waals surface area contributed by atoms with Gasteiger partial charge in [-0.05, 0) is 59.2 Å². The van der Waals surface area contributed by atoms with Crippen LogP contribution in [0.15, 0.2) is 60.7 Å². The van der Waals surface area contributed by atoms with Crippen molar-refractivity contribution in [2.45, 2.75) is 45.4 Å². The summed E-state index contributed by atoms with van der Waals surface area (Å²) in [6.45, 7) is 2.13. The topological polar surface area (TPSA) is 9.23 Å². The summed E-state index contributed by atoms with van der Waals surface area (Å²) >= 11 is 0. The van der Waals surface area contributed by atoms with Gasteiger partial charge in [-0.1, -0.05) is 62.6 Å².